The number of pyridine rings is 1. The van der Waals surface area contributed by atoms with Gasteiger partial charge in [-0.25, -0.2) is 0 Å². The van der Waals surface area contributed by atoms with Gasteiger partial charge < -0.3 is 33.7 Å². The minimum atomic E-state index is -3.38. The fraction of sp³-hybridized carbons (Fsp3) is 0.211. The summed E-state index contributed by atoms with van der Waals surface area (Å²) in [5.41, 5.74) is 1.57. The molecule has 1 fully saturated rings. The summed E-state index contributed by atoms with van der Waals surface area (Å²) in [5, 5.41) is 2.73. The van der Waals surface area contributed by atoms with Gasteiger partial charge in [0.1, 0.15) is 29.4 Å². The molecule has 0 radical (unpaired) electrons. The normalized spacial score (nSPS) is 17.9. The van der Waals surface area contributed by atoms with Gasteiger partial charge in [-0.05, 0) is 59.2 Å². The number of hydrogen-bond donors (Lipinski definition) is 2. The van der Waals surface area contributed by atoms with Crippen LogP contribution in [0.1, 0.15) is 39.7 Å². The lowest BCUT2D eigenvalue weighted by molar-refractivity contribution is -0.0915. The van der Waals surface area contributed by atoms with Crippen molar-refractivity contribution in [2.75, 3.05) is 26.1 Å². The van der Waals surface area contributed by atoms with Crippen LogP contribution in [0.15, 0.2) is 132 Å². The molecule has 1 saturated heterocycles. The first-order valence-electron chi connectivity index (χ1n) is 15.9. The van der Waals surface area contributed by atoms with Crippen molar-refractivity contribution in [1.29, 1.82) is 0 Å². The first-order chi connectivity index (χ1) is 24.3. The average Bonchev–Trinajstić information content (AvgIpc) is 3.54. The van der Waals surface area contributed by atoms with Gasteiger partial charge >= 0.3 is 8.25 Å². The topological polar surface area (TPSA) is 135 Å². The van der Waals surface area contributed by atoms with Crippen LogP contribution in [0.2, 0.25) is 0 Å². The molecule has 4 atom stereocenters. The molecular formula is C38H37N2O9P. The van der Waals surface area contributed by atoms with Crippen LogP contribution in [0.25, 0.3) is 0 Å². The zero-order valence-corrected chi connectivity index (χ0v) is 28.4. The van der Waals surface area contributed by atoms with Gasteiger partial charge in [-0.3, -0.25) is 18.7 Å². The highest BCUT2D eigenvalue weighted by atomic mass is 31.1. The predicted octanol–water partition coefficient (Wildman–Crippen LogP) is 6.18. The fourth-order valence-electron chi connectivity index (χ4n) is 6.15. The number of hydrogen-bond acceptors (Lipinski definition) is 8. The molecule has 12 heteroatoms. The summed E-state index contributed by atoms with van der Waals surface area (Å²) >= 11 is 0. The quantitative estimate of drug-likeness (QED) is 0.109. The summed E-state index contributed by atoms with van der Waals surface area (Å²) in [6.45, 7) is -0.0801. The predicted molar refractivity (Wildman–Crippen MR) is 188 cm³/mol. The van der Waals surface area contributed by atoms with Crippen molar-refractivity contribution >= 4 is 19.8 Å². The lowest BCUT2D eigenvalue weighted by atomic mass is 9.80. The second kappa shape index (κ2) is 15.7. The Morgan fingerprint density at radius 2 is 1.42 bits per heavy atom. The molecule has 258 valence electrons. The molecule has 0 saturated carbocycles. The molecule has 0 aliphatic carbocycles. The number of nitrogens with one attached hydrogen (secondary N) is 1. The van der Waals surface area contributed by atoms with Crippen LogP contribution in [0.5, 0.6) is 11.5 Å². The maximum Gasteiger partial charge on any atom is 0.316 e. The summed E-state index contributed by atoms with van der Waals surface area (Å²) in [6.07, 6.45) is -0.941. The Bertz CT molecular complexity index is 1920. The lowest BCUT2D eigenvalue weighted by Gasteiger charge is -2.37. The van der Waals surface area contributed by atoms with E-state index in [-0.39, 0.29) is 18.9 Å². The largest absolute Gasteiger partial charge is 0.497 e. The van der Waals surface area contributed by atoms with Crippen LogP contribution in [-0.2, 0) is 24.2 Å². The van der Waals surface area contributed by atoms with Crippen LogP contribution in [0.3, 0.4) is 0 Å². The van der Waals surface area contributed by atoms with Crippen LogP contribution in [-0.4, -0.2) is 48.4 Å². The minimum Gasteiger partial charge on any atom is -0.497 e. The van der Waals surface area contributed by atoms with Gasteiger partial charge in [-0.1, -0.05) is 72.8 Å². The average molecular weight is 697 g/mol. The van der Waals surface area contributed by atoms with Gasteiger partial charge in [0.2, 0.25) is 0 Å². The van der Waals surface area contributed by atoms with E-state index >= 15 is 0 Å². The Kier molecular flexibility index (Phi) is 10.9. The van der Waals surface area contributed by atoms with E-state index in [1.165, 1.54) is 16.8 Å². The number of ether oxygens (including phenoxy) is 4. The van der Waals surface area contributed by atoms with Gasteiger partial charge in [-0.15, -0.1) is 0 Å². The Balaban J connectivity index is 1.31. The van der Waals surface area contributed by atoms with Gasteiger partial charge in [0.05, 0.1) is 26.9 Å². The molecule has 11 nitrogen and oxygen atoms in total. The highest BCUT2D eigenvalue weighted by Crippen LogP contribution is 2.43. The Labute approximate surface area is 289 Å². The zero-order valence-electron chi connectivity index (χ0n) is 27.4. The molecule has 5 aromatic rings. The molecule has 1 aromatic heterocycles. The summed E-state index contributed by atoms with van der Waals surface area (Å²) in [6, 6.07) is 36.3. The molecule has 1 amide bonds. The number of amides is 1. The van der Waals surface area contributed by atoms with Crippen LogP contribution >= 0.6 is 8.25 Å². The van der Waals surface area contributed by atoms with Crippen molar-refractivity contribution in [1.82, 2.24) is 4.57 Å². The summed E-state index contributed by atoms with van der Waals surface area (Å²) in [7, 11) is -0.188. The number of aromatic nitrogens is 1. The Hall–Kier alpha value is -5.03. The molecule has 0 spiro atoms. The molecule has 2 N–H and O–H groups in total. The molecular weight excluding hydrogens is 659 g/mol. The molecule has 1 aliphatic heterocycles. The summed E-state index contributed by atoms with van der Waals surface area (Å²) in [5.74, 6) is 0.990. The van der Waals surface area contributed by atoms with Crippen LogP contribution in [0, 0.1) is 0 Å². The number of carbonyl (C=O) groups is 1. The van der Waals surface area contributed by atoms with Gasteiger partial charge in [0.25, 0.3) is 11.5 Å². The van der Waals surface area contributed by atoms with E-state index < -0.39 is 37.9 Å². The van der Waals surface area contributed by atoms with Crippen molar-refractivity contribution in [3.63, 3.8) is 0 Å². The number of anilines is 1. The Morgan fingerprint density at radius 1 is 0.860 bits per heavy atom. The zero-order chi connectivity index (χ0) is 35.1. The van der Waals surface area contributed by atoms with Gasteiger partial charge in [0.15, 0.2) is 0 Å². The van der Waals surface area contributed by atoms with Crippen molar-refractivity contribution in [2.24, 2.45) is 0 Å². The van der Waals surface area contributed by atoms with E-state index in [4.69, 9.17) is 23.5 Å². The SMILES string of the molecule is COc1ccc(C(OC[C@H]2O[C@@H](n3ccc(NC(=O)c4ccccc4)cc3=O)C[C@H]2O[PH](=O)O)(c2ccccc2)c2ccc(OC)cc2)cc1. The third-order valence-corrected chi connectivity index (χ3v) is 9.13. The molecule has 2 heterocycles. The van der Waals surface area contributed by atoms with Gasteiger partial charge in [-0.2, -0.15) is 0 Å². The fourth-order valence-corrected chi connectivity index (χ4v) is 6.66. The van der Waals surface area contributed by atoms with Crippen LogP contribution in [0.4, 0.5) is 5.69 Å². The molecule has 0 bridgehead atoms. The maximum absolute atomic E-state index is 13.3. The highest BCUT2D eigenvalue weighted by Gasteiger charge is 2.43. The second-order valence-electron chi connectivity index (χ2n) is 11.6. The van der Waals surface area contributed by atoms with Crippen molar-refractivity contribution < 1.29 is 37.7 Å². The summed E-state index contributed by atoms with van der Waals surface area (Å²) in [4.78, 5) is 35.7. The Morgan fingerprint density at radius 3 is 1.96 bits per heavy atom. The van der Waals surface area contributed by atoms with Crippen molar-refractivity contribution in [3.05, 3.63) is 160 Å². The first kappa shape index (κ1) is 34.8. The number of nitrogens with zero attached hydrogens (tertiary/aromatic N) is 1. The number of benzene rings is 4. The van der Waals surface area contributed by atoms with E-state index in [1.54, 1.807) is 44.6 Å². The van der Waals surface area contributed by atoms with Crippen molar-refractivity contribution in [3.8, 4) is 11.5 Å². The monoisotopic (exact) mass is 696 g/mol. The van der Waals surface area contributed by atoms with E-state index in [1.807, 2.05) is 84.9 Å². The number of carbonyl (C=O) groups excluding carboxylic acids is 1. The van der Waals surface area contributed by atoms with E-state index in [9.17, 15) is 19.0 Å². The van der Waals surface area contributed by atoms with E-state index in [0.29, 0.717) is 22.7 Å². The molecule has 50 heavy (non-hydrogen) atoms. The van der Waals surface area contributed by atoms with E-state index in [0.717, 1.165) is 16.7 Å². The number of rotatable bonds is 13. The standard InChI is InChI=1S/C38H37N2O9P/c1-45-31-17-13-28(14-18-31)38(27-11-7-4-8-12-27,29-15-19-32(46-2)20-16-29)47-25-34-33(49-50(43)44)24-36(48-34)40-22-21-30(23-35(40)41)39-37(42)26-9-5-3-6-10-26/h3-23,33-34,36,50H,24-25H2,1-2H3,(H,39,42)(H,43,44)/t33-,34-,36-/m1/s1. The highest BCUT2D eigenvalue weighted by molar-refractivity contribution is 7.32. The molecule has 1 unspecified atom stereocenters. The summed E-state index contributed by atoms with van der Waals surface area (Å²) < 4.78 is 43.0. The van der Waals surface area contributed by atoms with E-state index in [2.05, 4.69) is 5.32 Å². The molecule has 4 aromatic carbocycles. The molecule has 6 rings (SSSR count). The minimum absolute atomic E-state index is 0.0801. The third-order valence-electron chi connectivity index (χ3n) is 8.62. The second-order valence-corrected chi connectivity index (χ2v) is 12.4. The van der Waals surface area contributed by atoms with Gasteiger partial charge in [0, 0.05) is 29.9 Å². The smallest absolute Gasteiger partial charge is 0.316 e. The maximum atomic E-state index is 13.3. The van der Waals surface area contributed by atoms with Crippen LogP contribution < -0.4 is 20.3 Å². The first-order valence-corrected chi connectivity index (χ1v) is 17.2. The van der Waals surface area contributed by atoms with Crippen molar-refractivity contribution in [2.45, 2.75) is 30.5 Å². The number of methoxy groups -OCH3 is 2. The third kappa shape index (κ3) is 7.57. The lowest BCUT2D eigenvalue weighted by Crippen LogP contribution is -2.38. The molecule has 1 aliphatic rings.